The van der Waals surface area contributed by atoms with E-state index >= 15 is 0 Å². The van der Waals surface area contributed by atoms with Crippen molar-refractivity contribution >= 4 is 11.4 Å². The Kier molecular flexibility index (Phi) is 9.71. The molecule has 2 nitrogen and oxygen atoms in total. The van der Waals surface area contributed by atoms with Crippen molar-refractivity contribution < 1.29 is 4.79 Å². The van der Waals surface area contributed by atoms with Crippen LogP contribution >= 0.6 is 0 Å². The molecule has 2 heteroatoms. The Morgan fingerprint density at radius 2 is 1.66 bits per heavy atom. The van der Waals surface area contributed by atoms with Crippen LogP contribution in [0.15, 0.2) is 55.4 Å². The zero-order valence-corrected chi connectivity index (χ0v) is 20.2. The van der Waals surface area contributed by atoms with Crippen LogP contribution in [0.4, 0.5) is 0 Å². The monoisotopic (exact) mass is 431 g/mol. The van der Waals surface area contributed by atoms with Crippen molar-refractivity contribution in [2.45, 2.75) is 84.5 Å². The van der Waals surface area contributed by atoms with Crippen LogP contribution in [0.3, 0.4) is 0 Å². The molecule has 1 aliphatic carbocycles. The SMILES string of the molecule is C=C(c1ccc(C)cc1)C1CCCC(C(=O)C(CCC)CCCCc2ccncc2)CC1. The first kappa shape index (κ1) is 24.4. The van der Waals surface area contributed by atoms with Crippen molar-refractivity contribution in [3.63, 3.8) is 0 Å². The minimum atomic E-state index is 0.249. The molecule has 1 aromatic heterocycles. The van der Waals surface area contributed by atoms with Gasteiger partial charge in [0, 0.05) is 24.2 Å². The molecule has 2 aromatic rings. The van der Waals surface area contributed by atoms with Crippen LogP contribution < -0.4 is 0 Å². The standard InChI is InChI=1S/C30H41NO/c1-4-8-28(10-6-5-9-25-19-21-31-22-20-25)30(32)29-12-7-11-26(17-18-29)24(3)27-15-13-23(2)14-16-27/h13-16,19-22,26,28-29H,3-12,17-18H2,1-2H3. The smallest absolute Gasteiger partial charge is 0.139 e. The average Bonchev–Trinajstić information content (AvgIpc) is 3.08. The molecule has 1 aliphatic rings. The highest BCUT2D eigenvalue weighted by atomic mass is 16.1. The number of hydrogen-bond donors (Lipinski definition) is 0. The van der Waals surface area contributed by atoms with Crippen LogP contribution in [0.25, 0.3) is 5.57 Å². The molecule has 0 bridgehead atoms. The number of benzene rings is 1. The number of Topliss-reactive ketones (excluding diaryl/α,β-unsaturated/α-hetero) is 1. The molecule has 1 aromatic carbocycles. The first-order chi connectivity index (χ1) is 15.6. The topological polar surface area (TPSA) is 30.0 Å². The van der Waals surface area contributed by atoms with Crippen LogP contribution in [0.2, 0.25) is 0 Å². The Balaban J connectivity index is 1.50. The van der Waals surface area contributed by atoms with E-state index in [9.17, 15) is 4.79 Å². The maximum atomic E-state index is 13.5. The van der Waals surface area contributed by atoms with E-state index in [0.717, 1.165) is 64.2 Å². The Labute approximate surface area is 195 Å². The van der Waals surface area contributed by atoms with Crippen molar-refractivity contribution in [1.29, 1.82) is 0 Å². The molecule has 0 radical (unpaired) electrons. The molecule has 0 saturated heterocycles. The molecular weight excluding hydrogens is 390 g/mol. The fraction of sp³-hybridized carbons (Fsp3) is 0.533. The predicted molar refractivity (Wildman–Crippen MR) is 135 cm³/mol. The lowest BCUT2D eigenvalue weighted by Gasteiger charge is -2.22. The van der Waals surface area contributed by atoms with Gasteiger partial charge in [-0.25, -0.2) is 0 Å². The highest BCUT2D eigenvalue weighted by molar-refractivity contribution is 5.83. The first-order valence-corrected chi connectivity index (χ1v) is 12.8. The van der Waals surface area contributed by atoms with E-state index in [1.54, 1.807) is 0 Å². The van der Waals surface area contributed by atoms with Crippen LogP contribution in [0, 0.1) is 24.7 Å². The van der Waals surface area contributed by atoms with Gasteiger partial charge in [-0.3, -0.25) is 9.78 Å². The van der Waals surface area contributed by atoms with Gasteiger partial charge in [-0.05, 0) is 93.0 Å². The van der Waals surface area contributed by atoms with Gasteiger partial charge in [0.2, 0.25) is 0 Å². The Bertz CT molecular complexity index is 839. The summed E-state index contributed by atoms with van der Waals surface area (Å²) in [5.74, 6) is 1.57. The lowest BCUT2D eigenvalue weighted by molar-refractivity contribution is -0.127. The van der Waals surface area contributed by atoms with E-state index in [0.29, 0.717) is 11.7 Å². The molecule has 3 atom stereocenters. The summed E-state index contributed by atoms with van der Waals surface area (Å²) in [6.45, 7) is 8.78. The van der Waals surface area contributed by atoms with Crippen molar-refractivity contribution in [3.8, 4) is 0 Å². The average molecular weight is 432 g/mol. The molecule has 3 rings (SSSR count). The van der Waals surface area contributed by atoms with Crippen molar-refractivity contribution in [1.82, 2.24) is 4.98 Å². The quantitative estimate of drug-likeness (QED) is 0.266. The minimum absolute atomic E-state index is 0.249. The van der Waals surface area contributed by atoms with Gasteiger partial charge in [0.25, 0.3) is 0 Å². The third-order valence-corrected chi connectivity index (χ3v) is 7.34. The molecule has 0 aliphatic heterocycles. The van der Waals surface area contributed by atoms with Gasteiger partial charge in [0.1, 0.15) is 5.78 Å². The number of aryl methyl sites for hydroxylation is 2. The number of unbranched alkanes of at least 4 members (excludes halogenated alkanes) is 1. The fourth-order valence-corrected chi connectivity index (χ4v) is 5.32. The zero-order chi connectivity index (χ0) is 22.8. The number of carbonyl (C=O) groups is 1. The van der Waals surface area contributed by atoms with Crippen LogP contribution in [-0.4, -0.2) is 10.8 Å². The summed E-state index contributed by atoms with van der Waals surface area (Å²) < 4.78 is 0. The van der Waals surface area contributed by atoms with Gasteiger partial charge < -0.3 is 0 Å². The highest BCUT2D eigenvalue weighted by Gasteiger charge is 2.29. The summed E-state index contributed by atoms with van der Waals surface area (Å²) in [6, 6.07) is 13.0. The molecule has 1 saturated carbocycles. The van der Waals surface area contributed by atoms with Crippen LogP contribution in [0.5, 0.6) is 0 Å². The minimum Gasteiger partial charge on any atom is -0.299 e. The molecule has 172 valence electrons. The van der Waals surface area contributed by atoms with E-state index in [-0.39, 0.29) is 11.8 Å². The maximum Gasteiger partial charge on any atom is 0.139 e. The number of rotatable bonds is 11. The second-order valence-corrected chi connectivity index (χ2v) is 9.78. The molecule has 3 unspecified atom stereocenters. The van der Waals surface area contributed by atoms with Crippen LogP contribution in [-0.2, 0) is 11.2 Å². The number of pyridine rings is 1. The highest BCUT2D eigenvalue weighted by Crippen LogP contribution is 2.37. The number of hydrogen-bond acceptors (Lipinski definition) is 2. The Morgan fingerprint density at radius 3 is 2.38 bits per heavy atom. The summed E-state index contributed by atoms with van der Waals surface area (Å²) in [5, 5.41) is 0. The van der Waals surface area contributed by atoms with E-state index in [1.165, 1.54) is 28.7 Å². The molecule has 0 spiro atoms. The molecular formula is C30H41NO. The normalized spacial score (nSPS) is 19.8. The van der Waals surface area contributed by atoms with E-state index in [2.05, 4.69) is 61.8 Å². The fourth-order valence-electron chi connectivity index (χ4n) is 5.32. The molecule has 1 heterocycles. The van der Waals surface area contributed by atoms with Gasteiger partial charge >= 0.3 is 0 Å². The van der Waals surface area contributed by atoms with Gasteiger partial charge in [-0.15, -0.1) is 0 Å². The van der Waals surface area contributed by atoms with Gasteiger partial charge in [-0.1, -0.05) is 62.6 Å². The van der Waals surface area contributed by atoms with Crippen molar-refractivity contribution in [3.05, 3.63) is 72.1 Å². The molecule has 32 heavy (non-hydrogen) atoms. The summed E-state index contributed by atoms with van der Waals surface area (Å²) in [5.41, 5.74) is 5.17. The zero-order valence-electron chi connectivity index (χ0n) is 20.2. The summed E-state index contributed by atoms with van der Waals surface area (Å²) in [6.07, 6.45) is 15.8. The summed E-state index contributed by atoms with van der Waals surface area (Å²) in [4.78, 5) is 17.6. The molecule has 1 fully saturated rings. The first-order valence-electron chi connectivity index (χ1n) is 12.8. The van der Waals surface area contributed by atoms with Gasteiger partial charge in [-0.2, -0.15) is 0 Å². The van der Waals surface area contributed by atoms with Crippen molar-refractivity contribution in [2.75, 3.05) is 0 Å². The third-order valence-electron chi connectivity index (χ3n) is 7.34. The second-order valence-electron chi connectivity index (χ2n) is 9.78. The van der Waals surface area contributed by atoms with Crippen LogP contribution in [0.1, 0.15) is 87.8 Å². The maximum absolute atomic E-state index is 13.5. The third kappa shape index (κ3) is 7.15. The molecule has 0 amide bonds. The largest absolute Gasteiger partial charge is 0.299 e. The Hall–Kier alpha value is -2.22. The predicted octanol–water partition coefficient (Wildman–Crippen LogP) is 8.00. The second kappa shape index (κ2) is 12.7. The number of carbonyl (C=O) groups excluding carboxylic acids is 1. The lowest BCUT2D eigenvalue weighted by Crippen LogP contribution is -2.23. The summed E-state index contributed by atoms with van der Waals surface area (Å²) in [7, 11) is 0. The number of allylic oxidation sites excluding steroid dienone is 1. The summed E-state index contributed by atoms with van der Waals surface area (Å²) >= 11 is 0. The van der Waals surface area contributed by atoms with Gasteiger partial charge in [0.15, 0.2) is 0 Å². The van der Waals surface area contributed by atoms with E-state index in [1.807, 2.05) is 12.4 Å². The number of aromatic nitrogens is 1. The van der Waals surface area contributed by atoms with Crippen molar-refractivity contribution in [2.24, 2.45) is 17.8 Å². The molecule has 0 N–H and O–H groups in total. The van der Waals surface area contributed by atoms with Gasteiger partial charge in [0.05, 0.1) is 0 Å². The van der Waals surface area contributed by atoms with E-state index < -0.39 is 0 Å². The Morgan fingerprint density at radius 1 is 0.969 bits per heavy atom. The number of nitrogens with zero attached hydrogens (tertiary/aromatic N) is 1. The lowest BCUT2D eigenvalue weighted by atomic mass is 9.82. The number of ketones is 1. The van der Waals surface area contributed by atoms with E-state index in [4.69, 9.17) is 0 Å².